The molecule has 128 valence electrons. The van der Waals surface area contributed by atoms with Crippen molar-refractivity contribution < 1.29 is 0 Å². The molecule has 0 bridgehead atoms. The molecule has 0 unspecified atom stereocenters. The summed E-state index contributed by atoms with van der Waals surface area (Å²) in [6, 6.07) is 3.94. The fraction of sp³-hybridized carbons (Fsp3) is 0.353. The number of anilines is 2. The first-order valence-corrected chi connectivity index (χ1v) is 8.32. The molecule has 0 amide bonds. The number of aryl methyl sites for hydroxylation is 2. The van der Waals surface area contributed by atoms with Crippen LogP contribution in [0.4, 0.5) is 11.8 Å². The molecule has 1 aliphatic rings. The number of rotatable bonds is 3. The average Bonchev–Trinajstić information content (AvgIpc) is 3.09. The summed E-state index contributed by atoms with van der Waals surface area (Å²) in [6.45, 7) is 7.42. The number of hydrogen-bond acceptors (Lipinski definition) is 7. The largest absolute Gasteiger partial charge is 0.353 e. The van der Waals surface area contributed by atoms with E-state index in [1.54, 1.807) is 11.0 Å². The van der Waals surface area contributed by atoms with Crippen molar-refractivity contribution in [2.45, 2.75) is 13.8 Å². The van der Waals surface area contributed by atoms with Crippen LogP contribution in [0.5, 0.6) is 0 Å². The highest BCUT2D eigenvalue weighted by Gasteiger charge is 2.20. The molecule has 0 spiro atoms. The Morgan fingerprint density at radius 2 is 1.52 bits per heavy atom. The zero-order chi connectivity index (χ0) is 17.2. The number of nitrogens with zero attached hydrogens (tertiary/aromatic N) is 8. The third-order valence-electron chi connectivity index (χ3n) is 4.25. The molecule has 3 aromatic rings. The number of piperazine rings is 1. The van der Waals surface area contributed by atoms with E-state index in [2.05, 4.69) is 34.8 Å². The molecule has 0 saturated carbocycles. The average molecular weight is 336 g/mol. The summed E-state index contributed by atoms with van der Waals surface area (Å²) in [6.07, 6.45) is 7.22. The van der Waals surface area contributed by atoms with Gasteiger partial charge in [-0.05, 0) is 25.5 Å². The minimum absolute atomic E-state index is 0.780. The summed E-state index contributed by atoms with van der Waals surface area (Å²) in [5, 5.41) is 4.41. The fourth-order valence-electron chi connectivity index (χ4n) is 2.86. The second kappa shape index (κ2) is 6.46. The van der Waals surface area contributed by atoms with Gasteiger partial charge in [0.2, 0.25) is 5.95 Å². The maximum atomic E-state index is 4.43. The molecule has 0 N–H and O–H groups in total. The summed E-state index contributed by atoms with van der Waals surface area (Å²) in [7, 11) is 0. The van der Waals surface area contributed by atoms with Crippen molar-refractivity contribution in [1.82, 2.24) is 29.7 Å². The van der Waals surface area contributed by atoms with Crippen LogP contribution in [0.25, 0.3) is 5.82 Å². The molecular weight excluding hydrogens is 316 g/mol. The minimum atomic E-state index is 0.780. The topological polar surface area (TPSA) is 75.9 Å². The Kier molecular flexibility index (Phi) is 4.01. The van der Waals surface area contributed by atoms with Crippen LogP contribution >= 0.6 is 0 Å². The Morgan fingerprint density at radius 3 is 2.20 bits per heavy atom. The second-order valence-corrected chi connectivity index (χ2v) is 6.17. The summed E-state index contributed by atoms with van der Waals surface area (Å²) < 4.78 is 1.77. The van der Waals surface area contributed by atoms with Crippen LogP contribution in [0.1, 0.15) is 11.3 Å². The molecule has 8 heteroatoms. The highest BCUT2D eigenvalue weighted by atomic mass is 15.3. The van der Waals surface area contributed by atoms with Crippen molar-refractivity contribution in [2.75, 3.05) is 36.0 Å². The minimum Gasteiger partial charge on any atom is -0.353 e. The van der Waals surface area contributed by atoms with E-state index >= 15 is 0 Å². The van der Waals surface area contributed by atoms with E-state index < -0.39 is 0 Å². The molecule has 0 atom stereocenters. The molecular formula is C17H20N8. The molecule has 8 nitrogen and oxygen atoms in total. The van der Waals surface area contributed by atoms with Gasteiger partial charge >= 0.3 is 0 Å². The molecule has 4 heterocycles. The summed E-state index contributed by atoms with van der Waals surface area (Å²) in [5.74, 6) is 2.49. The molecule has 1 saturated heterocycles. The molecule has 3 aromatic heterocycles. The van der Waals surface area contributed by atoms with E-state index in [0.717, 1.165) is 55.0 Å². The Bertz CT molecular complexity index is 849. The quantitative estimate of drug-likeness (QED) is 0.715. The van der Waals surface area contributed by atoms with Crippen molar-refractivity contribution in [2.24, 2.45) is 0 Å². The van der Waals surface area contributed by atoms with Crippen LogP contribution in [-0.2, 0) is 0 Å². The Hall–Kier alpha value is -3.03. The van der Waals surface area contributed by atoms with Gasteiger partial charge in [0.1, 0.15) is 12.1 Å². The van der Waals surface area contributed by atoms with Crippen LogP contribution in [0.3, 0.4) is 0 Å². The first-order chi connectivity index (χ1) is 12.2. The van der Waals surface area contributed by atoms with Crippen LogP contribution in [0, 0.1) is 13.8 Å². The summed E-state index contributed by atoms with van der Waals surface area (Å²) in [5.41, 5.74) is 2.04. The van der Waals surface area contributed by atoms with E-state index in [-0.39, 0.29) is 0 Å². The maximum Gasteiger partial charge on any atom is 0.225 e. The van der Waals surface area contributed by atoms with Gasteiger partial charge in [0.15, 0.2) is 5.82 Å². The zero-order valence-corrected chi connectivity index (χ0v) is 14.4. The van der Waals surface area contributed by atoms with E-state index in [1.165, 1.54) is 0 Å². The summed E-state index contributed by atoms with van der Waals surface area (Å²) >= 11 is 0. The molecule has 4 rings (SSSR count). The van der Waals surface area contributed by atoms with Crippen LogP contribution in [-0.4, -0.2) is 55.9 Å². The third kappa shape index (κ3) is 3.28. The molecule has 25 heavy (non-hydrogen) atoms. The van der Waals surface area contributed by atoms with Crippen LogP contribution in [0.15, 0.2) is 37.1 Å². The fourth-order valence-corrected chi connectivity index (χ4v) is 2.86. The molecule has 1 aliphatic heterocycles. The smallest absolute Gasteiger partial charge is 0.225 e. The first-order valence-electron chi connectivity index (χ1n) is 8.32. The van der Waals surface area contributed by atoms with Gasteiger partial charge in [0.05, 0.1) is 5.69 Å². The van der Waals surface area contributed by atoms with E-state index in [1.807, 2.05) is 44.6 Å². The molecule has 0 aliphatic carbocycles. The van der Waals surface area contributed by atoms with Gasteiger partial charge < -0.3 is 9.80 Å². The SMILES string of the molecule is Cc1cnc(N2CCN(c3cc(-n4ccc(C)n4)ncn3)CC2)nc1. The number of hydrogen-bond donors (Lipinski definition) is 0. The Labute approximate surface area is 146 Å². The monoisotopic (exact) mass is 336 g/mol. The first kappa shape index (κ1) is 15.5. The molecule has 1 fully saturated rings. The van der Waals surface area contributed by atoms with Gasteiger partial charge in [-0.3, -0.25) is 0 Å². The predicted molar refractivity (Wildman–Crippen MR) is 95.1 cm³/mol. The lowest BCUT2D eigenvalue weighted by Gasteiger charge is -2.35. The normalized spacial score (nSPS) is 14.8. The van der Waals surface area contributed by atoms with Crippen molar-refractivity contribution in [3.8, 4) is 5.82 Å². The van der Waals surface area contributed by atoms with E-state index in [4.69, 9.17) is 0 Å². The summed E-state index contributed by atoms with van der Waals surface area (Å²) in [4.78, 5) is 22.0. The lowest BCUT2D eigenvalue weighted by molar-refractivity contribution is 0.633. The maximum absolute atomic E-state index is 4.43. The van der Waals surface area contributed by atoms with Crippen molar-refractivity contribution in [3.63, 3.8) is 0 Å². The van der Waals surface area contributed by atoms with Gasteiger partial charge in [-0.1, -0.05) is 0 Å². The Balaban J connectivity index is 1.46. The highest BCUT2D eigenvalue weighted by Crippen LogP contribution is 2.17. The molecule has 0 aromatic carbocycles. The van der Waals surface area contributed by atoms with Gasteiger partial charge in [-0.15, -0.1) is 0 Å². The van der Waals surface area contributed by atoms with E-state index in [9.17, 15) is 0 Å². The van der Waals surface area contributed by atoms with Crippen LogP contribution in [0.2, 0.25) is 0 Å². The third-order valence-corrected chi connectivity index (χ3v) is 4.25. The van der Waals surface area contributed by atoms with Crippen LogP contribution < -0.4 is 9.80 Å². The van der Waals surface area contributed by atoms with Gasteiger partial charge in [0.25, 0.3) is 0 Å². The molecule has 0 radical (unpaired) electrons. The second-order valence-electron chi connectivity index (χ2n) is 6.17. The lowest BCUT2D eigenvalue weighted by Crippen LogP contribution is -2.47. The highest BCUT2D eigenvalue weighted by molar-refractivity contribution is 5.45. The lowest BCUT2D eigenvalue weighted by atomic mass is 10.3. The predicted octanol–water partition coefficient (Wildman–Crippen LogP) is 1.40. The zero-order valence-electron chi connectivity index (χ0n) is 14.4. The Morgan fingerprint density at radius 1 is 0.840 bits per heavy atom. The van der Waals surface area contributed by atoms with Gasteiger partial charge in [-0.25, -0.2) is 24.6 Å². The van der Waals surface area contributed by atoms with Crippen molar-refractivity contribution in [3.05, 3.63) is 48.3 Å². The van der Waals surface area contributed by atoms with Gasteiger partial charge in [-0.2, -0.15) is 5.10 Å². The number of aromatic nitrogens is 6. The standard InChI is InChI=1S/C17H20N8/c1-13-10-18-17(19-11-13)24-7-5-23(6-8-24)15-9-16(21-12-20-15)25-4-3-14(2)22-25/h3-4,9-12H,5-8H2,1-2H3. The van der Waals surface area contributed by atoms with Crippen molar-refractivity contribution >= 4 is 11.8 Å². The van der Waals surface area contributed by atoms with Crippen molar-refractivity contribution in [1.29, 1.82) is 0 Å². The van der Waals surface area contributed by atoms with E-state index in [0.29, 0.717) is 0 Å². The van der Waals surface area contributed by atoms with Gasteiger partial charge in [0, 0.05) is 50.8 Å².